The van der Waals surface area contributed by atoms with Gasteiger partial charge < -0.3 is 13.7 Å². The zero-order chi connectivity index (χ0) is 72.1. The molecule has 19 aromatic rings. The molecule has 0 atom stereocenters. The number of para-hydroxylation sites is 3. The van der Waals surface area contributed by atoms with Crippen molar-refractivity contribution in [2.45, 2.75) is 57.8 Å². The summed E-state index contributed by atoms with van der Waals surface area (Å²) in [5.41, 5.74) is 39.0. The van der Waals surface area contributed by atoms with Crippen LogP contribution in [0.3, 0.4) is 0 Å². The Hall–Kier alpha value is -13.2. The van der Waals surface area contributed by atoms with Gasteiger partial charge in [0, 0.05) is 82.3 Å². The lowest BCUT2D eigenvalue weighted by molar-refractivity contribution is 0.660. The van der Waals surface area contributed by atoms with Crippen LogP contribution in [0.5, 0.6) is 0 Å². The number of benzene rings is 15. The highest BCUT2D eigenvalue weighted by Crippen LogP contribution is 2.54. The number of fused-ring (bicyclic) bond motifs is 18. The van der Waals surface area contributed by atoms with Crippen LogP contribution in [0.15, 0.2) is 334 Å². The largest absolute Gasteiger partial charge is 0.309 e. The van der Waals surface area contributed by atoms with Gasteiger partial charge in [0.15, 0.2) is 0 Å². The zero-order valence-electron chi connectivity index (χ0n) is 61.0. The maximum absolute atomic E-state index is 5.28. The summed E-state index contributed by atoms with van der Waals surface area (Å²) in [7, 11) is 0. The lowest BCUT2D eigenvalue weighted by Gasteiger charge is -2.21. The number of hydrogen-bond donors (Lipinski definition) is 0. The van der Waals surface area contributed by atoms with E-state index >= 15 is 0 Å². The first-order chi connectivity index (χ1) is 52.8. The lowest BCUT2D eigenvalue weighted by Crippen LogP contribution is -2.14. The van der Waals surface area contributed by atoms with Gasteiger partial charge in [0.1, 0.15) is 5.69 Å². The Kier molecular flexibility index (Phi) is 13.2. The van der Waals surface area contributed by atoms with E-state index in [1.54, 1.807) is 0 Å². The molecule has 0 fully saturated rings. The van der Waals surface area contributed by atoms with Crippen molar-refractivity contribution < 1.29 is 0 Å². The van der Waals surface area contributed by atoms with Gasteiger partial charge in [0.05, 0.1) is 39.3 Å². The number of aromatic nitrogens is 5. The molecule has 0 aliphatic heterocycles. The monoisotopic (exact) mass is 1380 g/mol. The third-order valence-corrected chi connectivity index (χ3v) is 24.8. The Morgan fingerprint density at radius 2 is 0.519 bits per heavy atom. The molecule has 510 valence electrons. The molecular formula is C103H73N5. The van der Waals surface area contributed by atoms with E-state index in [2.05, 4.69) is 383 Å². The fraction of sp³-hybridized carbons (Fsp3) is 0.0874. The highest BCUT2D eigenvalue weighted by atomic mass is 15.1. The normalized spacial score (nSPS) is 14.1. The molecule has 0 bridgehead atoms. The molecule has 3 aliphatic carbocycles. The second kappa shape index (κ2) is 22.9. The van der Waals surface area contributed by atoms with E-state index in [4.69, 9.17) is 10.2 Å². The van der Waals surface area contributed by atoms with Gasteiger partial charge in [-0.05, 0) is 220 Å². The van der Waals surface area contributed by atoms with Crippen LogP contribution in [0.4, 0.5) is 0 Å². The summed E-state index contributed by atoms with van der Waals surface area (Å²) in [6, 6.07) is 123. The standard InChI is InChI=1S/C103H73N5/c1-101(2)87-34-13-7-28-74(87)80-55-62(40-46-90(80)101)65-43-49-96-83(58-65)77-31-10-16-37-93(77)106(96)71-25-19-22-68(52-71)86-61-104-105-100(70-24-21-27-73(54-70)108-95-39-18-12-33-79(95)85-60-67(45-51-98(85)108)64-42-48-92-82(57-64)76-30-9-15-36-89(76)103(92,5)6)99(86)69-23-20-26-72(53-69)107-94-38-17-11-32-78(94)84-59-66(44-50-97(84)107)63-41-47-91-81(56-63)75-29-8-14-35-88(75)102(91,3)4/h7-61H,1-6H3. The second-order valence-electron chi connectivity index (χ2n) is 31.7. The Balaban J connectivity index is 0.698. The van der Waals surface area contributed by atoms with Crippen molar-refractivity contribution in [2.75, 3.05) is 0 Å². The molecular weight excluding hydrogens is 1310 g/mol. The van der Waals surface area contributed by atoms with E-state index < -0.39 is 0 Å². The molecule has 0 amide bonds. The average molecular weight is 1380 g/mol. The van der Waals surface area contributed by atoms with Crippen LogP contribution in [0.1, 0.15) is 74.9 Å². The van der Waals surface area contributed by atoms with Crippen molar-refractivity contribution >= 4 is 65.4 Å². The second-order valence-corrected chi connectivity index (χ2v) is 31.7. The predicted molar refractivity (Wildman–Crippen MR) is 450 cm³/mol. The first-order valence-electron chi connectivity index (χ1n) is 37.8. The molecule has 0 N–H and O–H groups in total. The minimum Gasteiger partial charge on any atom is -0.309 e. The molecule has 108 heavy (non-hydrogen) atoms. The first kappa shape index (κ1) is 62.2. The highest BCUT2D eigenvalue weighted by Gasteiger charge is 2.38. The smallest absolute Gasteiger partial charge is 0.101 e. The van der Waals surface area contributed by atoms with Gasteiger partial charge >= 0.3 is 0 Å². The van der Waals surface area contributed by atoms with Crippen LogP contribution in [-0.2, 0) is 16.2 Å². The van der Waals surface area contributed by atoms with Crippen LogP contribution in [0.2, 0.25) is 0 Å². The lowest BCUT2D eigenvalue weighted by atomic mass is 9.82. The van der Waals surface area contributed by atoms with Gasteiger partial charge in [-0.3, -0.25) is 0 Å². The summed E-state index contributed by atoms with van der Waals surface area (Å²) in [6.07, 6.45) is 1.98. The highest BCUT2D eigenvalue weighted by molar-refractivity contribution is 6.14. The van der Waals surface area contributed by atoms with Gasteiger partial charge in [0.2, 0.25) is 0 Å². The zero-order valence-corrected chi connectivity index (χ0v) is 61.0. The van der Waals surface area contributed by atoms with Gasteiger partial charge in [0.25, 0.3) is 0 Å². The van der Waals surface area contributed by atoms with Crippen molar-refractivity contribution in [2.24, 2.45) is 0 Å². The van der Waals surface area contributed by atoms with E-state index in [0.717, 1.165) is 83.7 Å². The third kappa shape index (κ3) is 8.99. The average Bonchev–Trinajstić information content (AvgIpc) is 1.55. The molecule has 3 aliphatic rings. The fourth-order valence-electron chi connectivity index (χ4n) is 19.5. The van der Waals surface area contributed by atoms with E-state index in [0.29, 0.717) is 0 Å². The van der Waals surface area contributed by atoms with Gasteiger partial charge in [-0.1, -0.05) is 260 Å². The van der Waals surface area contributed by atoms with Crippen LogP contribution in [0.25, 0.3) is 183 Å². The van der Waals surface area contributed by atoms with Crippen LogP contribution < -0.4 is 0 Å². The van der Waals surface area contributed by atoms with Crippen LogP contribution in [0, 0.1) is 0 Å². The van der Waals surface area contributed by atoms with Crippen molar-refractivity contribution in [3.8, 4) is 117 Å². The Labute approximate surface area is 627 Å². The van der Waals surface area contributed by atoms with Gasteiger partial charge in [-0.25, -0.2) is 0 Å². The minimum absolute atomic E-state index is 0.0614. The molecule has 4 aromatic heterocycles. The van der Waals surface area contributed by atoms with E-state index in [-0.39, 0.29) is 16.2 Å². The SMILES string of the molecule is CC1(C)c2ccccc2-c2cc(-c3ccc4c(c3)c3ccccc3n4-c3cccc(-c4cnnc(-c5cccc(-n6c7ccccc7c7cc(-c8ccc9c(c8)-c8ccccc8C9(C)C)ccc76)c5)c4-c4cccc(-n5c6ccccc6c6cc(-c7ccc8c(c7)-c7ccccc7C8(C)C)ccc65)c4)c3)ccc21. The molecule has 0 unspecified atom stereocenters. The van der Waals surface area contributed by atoms with Crippen molar-refractivity contribution in [1.29, 1.82) is 0 Å². The molecule has 0 saturated heterocycles. The van der Waals surface area contributed by atoms with E-state index in [1.807, 2.05) is 6.20 Å². The van der Waals surface area contributed by atoms with Crippen molar-refractivity contribution in [3.05, 3.63) is 367 Å². The first-order valence-corrected chi connectivity index (χ1v) is 37.8. The summed E-state index contributed by atoms with van der Waals surface area (Å²) in [5.74, 6) is 0. The Bertz CT molecular complexity index is 6810. The summed E-state index contributed by atoms with van der Waals surface area (Å²) >= 11 is 0. The number of rotatable bonds is 9. The van der Waals surface area contributed by atoms with E-state index in [9.17, 15) is 0 Å². The molecule has 5 heteroatoms. The Morgan fingerprint density at radius 1 is 0.213 bits per heavy atom. The van der Waals surface area contributed by atoms with Gasteiger partial charge in [-0.15, -0.1) is 5.10 Å². The molecule has 15 aromatic carbocycles. The minimum atomic E-state index is -0.0649. The van der Waals surface area contributed by atoms with Gasteiger partial charge in [-0.2, -0.15) is 5.10 Å². The molecule has 0 saturated carbocycles. The topological polar surface area (TPSA) is 40.6 Å². The summed E-state index contributed by atoms with van der Waals surface area (Å²) < 4.78 is 7.32. The molecule has 22 rings (SSSR count). The molecule has 0 spiro atoms. The maximum atomic E-state index is 5.28. The van der Waals surface area contributed by atoms with E-state index in [1.165, 1.54) is 132 Å². The summed E-state index contributed by atoms with van der Waals surface area (Å²) in [5, 5.41) is 17.5. The fourth-order valence-corrected chi connectivity index (χ4v) is 19.5. The summed E-state index contributed by atoms with van der Waals surface area (Å²) in [6.45, 7) is 14.1. The quantitative estimate of drug-likeness (QED) is 0.144. The van der Waals surface area contributed by atoms with Crippen LogP contribution >= 0.6 is 0 Å². The predicted octanol–water partition coefficient (Wildman–Crippen LogP) is 26.7. The maximum Gasteiger partial charge on any atom is 0.101 e. The molecule has 4 heterocycles. The Morgan fingerprint density at radius 3 is 0.926 bits per heavy atom. The third-order valence-electron chi connectivity index (χ3n) is 24.8. The molecule has 0 radical (unpaired) electrons. The number of nitrogens with zero attached hydrogens (tertiary/aromatic N) is 5. The molecule has 5 nitrogen and oxygen atoms in total. The van der Waals surface area contributed by atoms with Crippen molar-refractivity contribution in [1.82, 2.24) is 23.9 Å². The van der Waals surface area contributed by atoms with Crippen LogP contribution in [-0.4, -0.2) is 23.9 Å². The number of hydrogen-bond acceptors (Lipinski definition) is 2. The summed E-state index contributed by atoms with van der Waals surface area (Å²) in [4.78, 5) is 0. The van der Waals surface area contributed by atoms with Crippen molar-refractivity contribution in [3.63, 3.8) is 0 Å².